The lowest BCUT2D eigenvalue weighted by atomic mass is 10.2. The molecule has 1 saturated heterocycles. The lowest BCUT2D eigenvalue weighted by Gasteiger charge is -2.22. The number of nitrogens with one attached hydrogen (secondary N) is 1. The molecule has 6 heteroatoms. The van der Waals surface area contributed by atoms with E-state index in [2.05, 4.69) is 10.2 Å². The molecule has 16 heavy (non-hydrogen) atoms. The summed E-state index contributed by atoms with van der Waals surface area (Å²) in [6, 6.07) is 3.06. The van der Waals surface area contributed by atoms with Gasteiger partial charge in [-0.05, 0) is 18.2 Å². The molecule has 1 aromatic rings. The molecule has 1 aliphatic rings. The first-order valence-electron chi connectivity index (χ1n) is 5.09. The third-order valence-electron chi connectivity index (χ3n) is 2.67. The first kappa shape index (κ1) is 11.2. The van der Waals surface area contributed by atoms with Gasteiger partial charge in [-0.25, -0.2) is 5.10 Å². The molecule has 0 radical (unpaired) electrons. The van der Waals surface area contributed by atoms with Crippen LogP contribution in [0.5, 0.6) is 0 Å². The van der Waals surface area contributed by atoms with Crippen LogP contribution in [0.1, 0.15) is 16.9 Å². The lowest BCUT2D eigenvalue weighted by Crippen LogP contribution is -2.37. The fourth-order valence-corrected chi connectivity index (χ4v) is 2.91. The molecule has 0 spiro atoms. The predicted molar refractivity (Wildman–Crippen MR) is 62.7 cm³/mol. The van der Waals surface area contributed by atoms with Crippen molar-refractivity contribution in [3.63, 3.8) is 0 Å². The van der Waals surface area contributed by atoms with E-state index >= 15 is 0 Å². The maximum Gasteiger partial charge on any atom is 0.274 e. The number of rotatable bonds is 2. The van der Waals surface area contributed by atoms with E-state index in [9.17, 15) is 9.59 Å². The molecular weight excluding hydrogens is 226 g/mol. The maximum absolute atomic E-state index is 12.0. The standard InChI is InChI=1S/C10H13N3O2S/c1-13(7-4-5-16-6-7)10(15)8-2-3-9(14)12-11-8/h2-3,7H,4-6H2,1H3,(H,12,14). The Kier molecular flexibility index (Phi) is 3.28. The monoisotopic (exact) mass is 239 g/mol. The SMILES string of the molecule is CN(C(=O)c1ccc(=O)[nH]n1)C1CCSC1. The van der Waals surface area contributed by atoms with E-state index in [0.29, 0.717) is 5.69 Å². The van der Waals surface area contributed by atoms with Gasteiger partial charge in [0.1, 0.15) is 5.69 Å². The zero-order valence-corrected chi connectivity index (χ0v) is 9.79. The zero-order valence-electron chi connectivity index (χ0n) is 8.97. The molecule has 0 bridgehead atoms. The first-order chi connectivity index (χ1) is 7.68. The van der Waals surface area contributed by atoms with Crippen LogP contribution in [0.3, 0.4) is 0 Å². The minimum atomic E-state index is -0.296. The number of carbonyl (C=O) groups is 1. The Balaban J connectivity index is 2.11. The van der Waals surface area contributed by atoms with E-state index < -0.39 is 0 Å². The molecule has 1 amide bonds. The van der Waals surface area contributed by atoms with Gasteiger partial charge >= 0.3 is 0 Å². The molecule has 0 saturated carbocycles. The number of hydrogen-bond acceptors (Lipinski definition) is 4. The van der Waals surface area contributed by atoms with Gasteiger partial charge in [0.15, 0.2) is 0 Å². The number of H-pyrrole nitrogens is 1. The van der Waals surface area contributed by atoms with Crippen LogP contribution in [0.25, 0.3) is 0 Å². The number of aromatic amines is 1. The molecule has 2 heterocycles. The van der Waals surface area contributed by atoms with Gasteiger partial charge in [0, 0.05) is 24.9 Å². The minimum Gasteiger partial charge on any atom is -0.336 e. The van der Waals surface area contributed by atoms with Crippen molar-refractivity contribution in [2.45, 2.75) is 12.5 Å². The zero-order chi connectivity index (χ0) is 11.5. The van der Waals surface area contributed by atoms with Crippen LogP contribution in [-0.2, 0) is 0 Å². The van der Waals surface area contributed by atoms with E-state index in [1.807, 2.05) is 11.8 Å². The third kappa shape index (κ3) is 2.27. The molecule has 1 fully saturated rings. The quantitative estimate of drug-likeness (QED) is 0.808. The molecule has 0 aromatic carbocycles. The lowest BCUT2D eigenvalue weighted by molar-refractivity contribution is 0.0740. The van der Waals surface area contributed by atoms with Crippen molar-refractivity contribution >= 4 is 17.7 Å². The fourth-order valence-electron chi connectivity index (χ4n) is 1.64. The summed E-state index contributed by atoms with van der Waals surface area (Å²) in [6.45, 7) is 0. The van der Waals surface area contributed by atoms with Gasteiger partial charge in [-0.2, -0.15) is 16.9 Å². The molecule has 1 aromatic heterocycles. The molecule has 1 N–H and O–H groups in total. The topological polar surface area (TPSA) is 66.1 Å². The molecule has 5 nitrogen and oxygen atoms in total. The Morgan fingerprint density at radius 1 is 1.62 bits per heavy atom. The molecule has 0 aliphatic carbocycles. The highest BCUT2D eigenvalue weighted by molar-refractivity contribution is 7.99. The summed E-state index contributed by atoms with van der Waals surface area (Å²) in [5, 5.41) is 6.00. The van der Waals surface area contributed by atoms with Gasteiger partial charge in [-0.3, -0.25) is 9.59 Å². The van der Waals surface area contributed by atoms with Crippen LogP contribution in [0.2, 0.25) is 0 Å². The number of carbonyl (C=O) groups excluding carboxylic acids is 1. The average molecular weight is 239 g/mol. The highest BCUT2D eigenvalue weighted by Gasteiger charge is 2.25. The molecule has 1 unspecified atom stereocenters. The van der Waals surface area contributed by atoms with Crippen molar-refractivity contribution < 1.29 is 4.79 Å². The van der Waals surface area contributed by atoms with E-state index in [0.717, 1.165) is 17.9 Å². The Hall–Kier alpha value is -1.30. The minimum absolute atomic E-state index is 0.135. The van der Waals surface area contributed by atoms with Gasteiger partial charge in [-0.1, -0.05) is 0 Å². The van der Waals surface area contributed by atoms with Crippen LogP contribution in [0.15, 0.2) is 16.9 Å². The van der Waals surface area contributed by atoms with E-state index in [-0.39, 0.29) is 17.5 Å². The number of hydrogen-bond donors (Lipinski definition) is 1. The van der Waals surface area contributed by atoms with Crippen molar-refractivity contribution in [3.05, 3.63) is 28.2 Å². The summed E-state index contributed by atoms with van der Waals surface area (Å²) in [4.78, 5) is 24.5. The summed E-state index contributed by atoms with van der Waals surface area (Å²) in [6.07, 6.45) is 1.02. The Morgan fingerprint density at radius 2 is 2.44 bits per heavy atom. The van der Waals surface area contributed by atoms with E-state index in [4.69, 9.17) is 0 Å². The number of amides is 1. The van der Waals surface area contributed by atoms with Crippen LogP contribution in [0.4, 0.5) is 0 Å². The van der Waals surface area contributed by atoms with Gasteiger partial charge < -0.3 is 4.90 Å². The second kappa shape index (κ2) is 4.69. The largest absolute Gasteiger partial charge is 0.336 e. The number of thioether (sulfide) groups is 1. The van der Waals surface area contributed by atoms with Crippen molar-refractivity contribution in [1.29, 1.82) is 0 Å². The van der Waals surface area contributed by atoms with E-state index in [1.165, 1.54) is 12.1 Å². The van der Waals surface area contributed by atoms with Crippen molar-refractivity contribution in [3.8, 4) is 0 Å². The predicted octanol–water partition coefficient (Wildman–Crippen LogP) is 0.347. The van der Waals surface area contributed by atoms with Crippen LogP contribution >= 0.6 is 11.8 Å². The summed E-state index contributed by atoms with van der Waals surface area (Å²) >= 11 is 1.85. The number of nitrogens with zero attached hydrogens (tertiary/aromatic N) is 2. The molecule has 1 aliphatic heterocycles. The van der Waals surface area contributed by atoms with Gasteiger partial charge in [-0.15, -0.1) is 0 Å². The fraction of sp³-hybridized carbons (Fsp3) is 0.500. The van der Waals surface area contributed by atoms with Gasteiger partial charge in [0.05, 0.1) is 0 Å². The molecular formula is C10H13N3O2S. The smallest absolute Gasteiger partial charge is 0.274 e. The van der Waals surface area contributed by atoms with Crippen molar-refractivity contribution in [1.82, 2.24) is 15.1 Å². The van der Waals surface area contributed by atoms with Gasteiger partial charge in [0.25, 0.3) is 11.5 Å². The van der Waals surface area contributed by atoms with Crippen molar-refractivity contribution in [2.75, 3.05) is 18.6 Å². The van der Waals surface area contributed by atoms with E-state index in [1.54, 1.807) is 11.9 Å². The summed E-state index contributed by atoms with van der Waals surface area (Å²) in [5.74, 6) is 1.94. The third-order valence-corrected chi connectivity index (χ3v) is 3.82. The van der Waals surface area contributed by atoms with Crippen LogP contribution in [0, 0.1) is 0 Å². The maximum atomic E-state index is 12.0. The summed E-state index contributed by atoms with van der Waals surface area (Å²) < 4.78 is 0. The summed E-state index contributed by atoms with van der Waals surface area (Å²) in [7, 11) is 1.78. The van der Waals surface area contributed by atoms with Gasteiger partial charge in [0.2, 0.25) is 0 Å². The first-order valence-corrected chi connectivity index (χ1v) is 6.24. The van der Waals surface area contributed by atoms with Crippen LogP contribution < -0.4 is 5.56 Å². The highest BCUT2D eigenvalue weighted by Crippen LogP contribution is 2.22. The summed E-state index contributed by atoms with van der Waals surface area (Å²) in [5.41, 5.74) is -0.00498. The molecule has 86 valence electrons. The molecule has 1 atom stereocenters. The second-order valence-corrected chi connectivity index (χ2v) is 4.89. The number of aromatic nitrogens is 2. The van der Waals surface area contributed by atoms with Crippen molar-refractivity contribution in [2.24, 2.45) is 0 Å². The average Bonchev–Trinajstić information content (AvgIpc) is 2.81. The highest BCUT2D eigenvalue weighted by atomic mass is 32.2. The van der Waals surface area contributed by atoms with Crippen LogP contribution in [-0.4, -0.2) is 45.6 Å². The Bertz CT molecular complexity index is 419. The Labute approximate surface area is 97.2 Å². The normalized spacial score (nSPS) is 19.7. The second-order valence-electron chi connectivity index (χ2n) is 3.74. The molecule has 2 rings (SSSR count). The Morgan fingerprint density at radius 3 is 3.00 bits per heavy atom.